The van der Waals surface area contributed by atoms with E-state index in [1.807, 2.05) is 12.1 Å². The van der Waals surface area contributed by atoms with Crippen LogP contribution in [0, 0.1) is 0 Å². The molecular weight excluding hydrogens is 220 g/mol. The monoisotopic (exact) mass is 238 g/mol. The SMILES string of the molecule is COC(OC)C(NN)c1cccc2c1OCC2. The molecule has 0 amide bonds. The third-order valence-corrected chi connectivity index (χ3v) is 3.00. The molecule has 2 rings (SSSR count). The first-order valence-corrected chi connectivity index (χ1v) is 5.58. The van der Waals surface area contributed by atoms with E-state index < -0.39 is 6.29 Å². The third kappa shape index (κ3) is 2.28. The highest BCUT2D eigenvalue weighted by Gasteiger charge is 2.27. The molecular formula is C12H18N2O3. The maximum Gasteiger partial charge on any atom is 0.177 e. The topological polar surface area (TPSA) is 65.7 Å². The Hall–Kier alpha value is -1.14. The molecule has 17 heavy (non-hydrogen) atoms. The summed E-state index contributed by atoms with van der Waals surface area (Å²) in [4.78, 5) is 0. The second-order valence-corrected chi connectivity index (χ2v) is 3.92. The molecule has 5 heteroatoms. The molecule has 1 unspecified atom stereocenters. The van der Waals surface area contributed by atoms with Gasteiger partial charge >= 0.3 is 0 Å². The van der Waals surface area contributed by atoms with E-state index in [4.69, 9.17) is 20.1 Å². The van der Waals surface area contributed by atoms with E-state index in [1.54, 1.807) is 14.2 Å². The van der Waals surface area contributed by atoms with Crippen LogP contribution in [0.15, 0.2) is 18.2 Å². The van der Waals surface area contributed by atoms with Gasteiger partial charge in [-0.15, -0.1) is 0 Å². The van der Waals surface area contributed by atoms with E-state index in [2.05, 4.69) is 11.5 Å². The molecule has 94 valence electrons. The Morgan fingerprint density at radius 2 is 2.12 bits per heavy atom. The zero-order valence-electron chi connectivity index (χ0n) is 10.1. The Balaban J connectivity index is 2.34. The molecule has 1 aromatic rings. The van der Waals surface area contributed by atoms with Gasteiger partial charge in [-0.3, -0.25) is 5.84 Å². The number of hydrogen-bond donors (Lipinski definition) is 2. The number of ether oxygens (including phenoxy) is 3. The highest BCUT2D eigenvalue weighted by atomic mass is 16.7. The van der Waals surface area contributed by atoms with E-state index >= 15 is 0 Å². The quantitative estimate of drug-likeness (QED) is 0.450. The summed E-state index contributed by atoms with van der Waals surface area (Å²) in [7, 11) is 3.17. The summed E-state index contributed by atoms with van der Waals surface area (Å²) in [5, 5.41) is 0. The Kier molecular flexibility index (Phi) is 3.96. The molecule has 1 atom stereocenters. The number of fused-ring (bicyclic) bond motifs is 1. The lowest BCUT2D eigenvalue weighted by Crippen LogP contribution is -2.38. The third-order valence-electron chi connectivity index (χ3n) is 3.00. The van der Waals surface area contributed by atoms with Gasteiger partial charge in [-0.25, -0.2) is 5.43 Å². The number of para-hydroxylation sites is 1. The van der Waals surface area contributed by atoms with E-state index in [0.29, 0.717) is 6.61 Å². The van der Waals surface area contributed by atoms with Crippen LogP contribution in [0.25, 0.3) is 0 Å². The fraction of sp³-hybridized carbons (Fsp3) is 0.500. The van der Waals surface area contributed by atoms with Crippen LogP contribution in [0.5, 0.6) is 5.75 Å². The van der Waals surface area contributed by atoms with Crippen LogP contribution in [0.4, 0.5) is 0 Å². The van der Waals surface area contributed by atoms with Gasteiger partial charge in [0.2, 0.25) is 0 Å². The van der Waals surface area contributed by atoms with E-state index in [0.717, 1.165) is 17.7 Å². The van der Waals surface area contributed by atoms with Gasteiger partial charge in [0.1, 0.15) is 11.8 Å². The number of hydrogen-bond acceptors (Lipinski definition) is 5. The van der Waals surface area contributed by atoms with E-state index in [9.17, 15) is 0 Å². The first kappa shape index (κ1) is 12.3. The number of nitrogens with one attached hydrogen (secondary N) is 1. The predicted molar refractivity (Wildman–Crippen MR) is 63.5 cm³/mol. The largest absolute Gasteiger partial charge is 0.493 e. The summed E-state index contributed by atoms with van der Waals surface area (Å²) in [6.45, 7) is 0.717. The minimum atomic E-state index is -0.448. The molecule has 0 fully saturated rings. The van der Waals surface area contributed by atoms with Gasteiger partial charge in [0, 0.05) is 26.2 Å². The van der Waals surface area contributed by atoms with Crippen molar-refractivity contribution in [1.82, 2.24) is 5.43 Å². The molecule has 0 saturated heterocycles. The summed E-state index contributed by atoms with van der Waals surface area (Å²) < 4.78 is 16.1. The van der Waals surface area contributed by atoms with Crippen molar-refractivity contribution in [1.29, 1.82) is 0 Å². The molecule has 0 bridgehead atoms. The Labute approximate surface area is 101 Å². The van der Waals surface area contributed by atoms with Crippen LogP contribution in [0.1, 0.15) is 17.2 Å². The second kappa shape index (κ2) is 5.46. The van der Waals surface area contributed by atoms with Crippen LogP contribution in [0.3, 0.4) is 0 Å². The van der Waals surface area contributed by atoms with E-state index in [-0.39, 0.29) is 6.04 Å². The van der Waals surface area contributed by atoms with Crippen molar-refractivity contribution in [2.24, 2.45) is 5.84 Å². The molecule has 0 saturated carbocycles. The normalized spacial score (nSPS) is 15.8. The van der Waals surface area contributed by atoms with Gasteiger partial charge in [0.15, 0.2) is 6.29 Å². The smallest absolute Gasteiger partial charge is 0.177 e. The van der Waals surface area contributed by atoms with Crippen LogP contribution in [-0.2, 0) is 15.9 Å². The summed E-state index contributed by atoms with van der Waals surface area (Å²) in [5.41, 5.74) is 4.89. The average molecular weight is 238 g/mol. The first-order valence-electron chi connectivity index (χ1n) is 5.58. The Morgan fingerprint density at radius 3 is 2.76 bits per heavy atom. The molecule has 1 aromatic carbocycles. The van der Waals surface area contributed by atoms with Crippen molar-refractivity contribution in [3.8, 4) is 5.75 Å². The van der Waals surface area contributed by atoms with Crippen molar-refractivity contribution in [3.63, 3.8) is 0 Å². The summed E-state index contributed by atoms with van der Waals surface area (Å²) in [6, 6.07) is 5.78. The average Bonchev–Trinajstić information content (AvgIpc) is 2.84. The van der Waals surface area contributed by atoms with Crippen molar-refractivity contribution in [2.45, 2.75) is 18.8 Å². The molecule has 3 N–H and O–H groups in total. The Bertz CT molecular complexity index is 380. The van der Waals surface area contributed by atoms with Crippen LogP contribution < -0.4 is 16.0 Å². The van der Waals surface area contributed by atoms with E-state index in [1.165, 1.54) is 5.56 Å². The van der Waals surface area contributed by atoms with Gasteiger partial charge in [0.25, 0.3) is 0 Å². The predicted octanol–water partition coefficient (Wildman–Crippen LogP) is 0.745. The highest BCUT2D eigenvalue weighted by molar-refractivity contribution is 5.45. The van der Waals surface area contributed by atoms with Crippen molar-refractivity contribution < 1.29 is 14.2 Å². The van der Waals surface area contributed by atoms with Crippen LogP contribution in [-0.4, -0.2) is 27.1 Å². The fourth-order valence-electron chi connectivity index (χ4n) is 2.17. The molecule has 5 nitrogen and oxygen atoms in total. The van der Waals surface area contributed by atoms with Crippen LogP contribution >= 0.6 is 0 Å². The molecule has 0 aromatic heterocycles. The molecule has 0 radical (unpaired) electrons. The Morgan fingerprint density at radius 1 is 1.35 bits per heavy atom. The number of hydrazine groups is 1. The second-order valence-electron chi connectivity index (χ2n) is 3.92. The summed E-state index contributed by atoms with van der Waals surface area (Å²) in [6.07, 6.45) is 0.487. The standard InChI is InChI=1S/C12H18N2O3/c1-15-12(16-2)10(14-13)9-5-3-4-8-6-7-17-11(8)9/h3-5,10,12,14H,6-7,13H2,1-2H3. The number of benzene rings is 1. The fourth-order valence-corrected chi connectivity index (χ4v) is 2.17. The minimum absolute atomic E-state index is 0.252. The summed E-state index contributed by atoms with van der Waals surface area (Å²) >= 11 is 0. The zero-order valence-corrected chi connectivity index (χ0v) is 10.1. The summed E-state index contributed by atoms with van der Waals surface area (Å²) in [5.74, 6) is 6.48. The maximum atomic E-state index is 5.64. The van der Waals surface area contributed by atoms with Gasteiger partial charge in [-0.05, 0) is 5.56 Å². The number of methoxy groups -OCH3 is 2. The lowest BCUT2D eigenvalue weighted by molar-refractivity contribution is -0.124. The van der Waals surface area contributed by atoms with Gasteiger partial charge in [-0.2, -0.15) is 0 Å². The minimum Gasteiger partial charge on any atom is -0.493 e. The highest BCUT2D eigenvalue weighted by Crippen LogP contribution is 2.34. The van der Waals surface area contributed by atoms with Gasteiger partial charge in [-0.1, -0.05) is 18.2 Å². The van der Waals surface area contributed by atoms with Crippen LogP contribution in [0.2, 0.25) is 0 Å². The maximum absolute atomic E-state index is 5.64. The molecule has 1 aliphatic heterocycles. The lowest BCUT2D eigenvalue weighted by atomic mass is 10.0. The zero-order chi connectivity index (χ0) is 12.3. The molecule has 1 heterocycles. The molecule has 1 aliphatic rings. The first-order chi connectivity index (χ1) is 8.31. The lowest BCUT2D eigenvalue weighted by Gasteiger charge is -2.25. The molecule has 0 aliphatic carbocycles. The van der Waals surface area contributed by atoms with Gasteiger partial charge in [0.05, 0.1) is 6.61 Å². The molecule has 0 spiro atoms. The van der Waals surface area contributed by atoms with Crippen molar-refractivity contribution in [3.05, 3.63) is 29.3 Å². The van der Waals surface area contributed by atoms with Gasteiger partial charge < -0.3 is 14.2 Å². The van der Waals surface area contributed by atoms with Crippen molar-refractivity contribution >= 4 is 0 Å². The number of rotatable bonds is 5. The van der Waals surface area contributed by atoms with Crippen molar-refractivity contribution in [2.75, 3.05) is 20.8 Å². The number of nitrogens with two attached hydrogens (primary N) is 1.